The maximum atomic E-state index is 12.4. The van der Waals surface area contributed by atoms with Crippen molar-refractivity contribution in [2.75, 3.05) is 18.0 Å². The van der Waals surface area contributed by atoms with Crippen molar-refractivity contribution in [2.45, 2.75) is 31.6 Å². The highest BCUT2D eigenvalue weighted by Crippen LogP contribution is 2.42. The van der Waals surface area contributed by atoms with Crippen LogP contribution in [0.3, 0.4) is 0 Å². The van der Waals surface area contributed by atoms with Gasteiger partial charge in [0, 0.05) is 24.7 Å². The van der Waals surface area contributed by atoms with Crippen LogP contribution in [0.15, 0.2) is 23.1 Å². The lowest BCUT2D eigenvalue weighted by molar-refractivity contribution is -0.119. The van der Waals surface area contributed by atoms with E-state index in [0.29, 0.717) is 19.0 Å². The number of nitrogens with zero attached hydrogens (tertiary/aromatic N) is 1. The van der Waals surface area contributed by atoms with E-state index < -0.39 is 10.0 Å². The molecule has 21 heavy (non-hydrogen) atoms. The van der Waals surface area contributed by atoms with Gasteiger partial charge in [-0.15, -0.1) is 0 Å². The Morgan fingerprint density at radius 1 is 1.43 bits per heavy atom. The third kappa shape index (κ3) is 2.58. The molecule has 0 spiro atoms. The number of benzene rings is 1. The van der Waals surface area contributed by atoms with Crippen LogP contribution >= 0.6 is 0 Å². The molecule has 0 saturated heterocycles. The Bertz CT molecular complexity index is 684. The number of anilines is 1. The van der Waals surface area contributed by atoms with Crippen LogP contribution in [0.25, 0.3) is 0 Å². The summed E-state index contributed by atoms with van der Waals surface area (Å²) in [5.74, 6) is 0.708. The molecule has 2 aliphatic rings. The van der Waals surface area contributed by atoms with E-state index in [-0.39, 0.29) is 16.7 Å². The van der Waals surface area contributed by atoms with Gasteiger partial charge >= 0.3 is 0 Å². The van der Waals surface area contributed by atoms with Crippen molar-refractivity contribution in [1.82, 2.24) is 4.72 Å². The molecule has 3 rings (SSSR count). The Hall–Kier alpha value is -1.40. The van der Waals surface area contributed by atoms with Crippen molar-refractivity contribution < 1.29 is 13.2 Å². The van der Waals surface area contributed by atoms with Gasteiger partial charge in [0.05, 0.1) is 4.90 Å². The molecule has 1 aliphatic heterocycles. The van der Waals surface area contributed by atoms with Gasteiger partial charge in [-0.3, -0.25) is 4.79 Å². The molecule has 114 valence electrons. The molecule has 2 atom stereocenters. The molecule has 1 amide bonds. The van der Waals surface area contributed by atoms with Crippen LogP contribution in [0.4, 0.5) is 5.69 Å². The second kappa shape index (κ2) is 5.10. The summed E-state index contributed by atoms with van der Waals surface area (Å²) >= 11 is 0. The van der Waals surface area contributed by atoms with Crippen LogP contribution in [0, 0.1) is 11.8 Å². The van der Waals surface area contributed by atoms with Gasteiger partial charge < -0.3 is 4.90 Å². The van der Waals surface area contributed by atoms with Gasteiger partial charge in [-0.1, -0.05) is 19.9 Å². The molecule has 0 radical (unpaired) electrons. The summed E-state index contributed by atoms with van der Waals surface area (Å²) in [6.07, 6.45) is 1.74. The molecule has 0 bridgehead atoms. The number of hydrogen-bond acceptors (Lipinski definition) is 3. The highest BCUT2D eigenvalue weighted by molar-refractivity contribution is 7.89. The number of nitrogens with one attached hydrogen (secondary N) is 1. The van der Waals surface area contributed by atoms with Crippen LogP contribution in [-0.2, 0) is 21.2 Å². The van der Waals surface area contributed by atoms with Gasteiger partial charge in [-0.25, -0.2) is 13.1 Å². The van der Waals surface area contributed by atoms with Gasteiger partial charge in [0.1, 0.15) is 0 Å². The molecule has 1 heterocycles. The summed E-state index contributed by atoms with van der Waals surface area (Å²) in [6, 6.07) is 5.07. The van der Waals surface area contributed by atoms with E-state index in [0.717, 1.165) is 24.1 Å². The predicted octanol–water partition coefficient (Wildman–Crippen LogP) is 1.53. The molecule has 1 aromatic rings. The molecule has 1 N–H and O–H groups in total. The lowest BCUT2D eigenvalue weighted by Gasteiger charge is -2.18. The van der Waals surface area contributed by atoms with Crippen molar-refractivity contribution >= 4 is 21.6 Å². The maximum Gasteiger partial charge on any atom is 0.240 e. The van der Waals surface area contributed by atoms with Gasteiger partial charge in [-0.2, -0.15) is 0 Å². The number of amides is 1. The third-order valence-electron chi connectivity index (χ3n) is 4.29. The van der Waals surface area contributed by atoms with E-state index in [1.165, 1.54) is 0 Å². The predicted molar refractivity (Wildman–Crippen MR) is 80.6 cm³/mol. The molecular formula is C15H20N2O3S. The fraction of sp³-hybridized carbons (Fsp3) is 0.533. The number of carbonyl (C=O) groups excluding carboxylic acids is 1. The fourth-order valence-electron chi connectivity index (χ4n) is 2.89. The summed E-state index contributed by atoms with van der Waals surface area (Å²) in [6.45, 7) is 4.82. The average molecular weight is 308 g/mol. The zero-order valence-electron chi connectivity index (χ0n) is 12.3. The molecule has 0 aromatic heterocycles. The summed E-state index contributed by atoms with van der Waals surface area (Å²) in [5.41, 5.74) is 1.81. The Kier molecular flexibility index (Phi) is 3.53. The minimum absolute atomic E-state index is 0.116. The number of hydrogen-bond donors (Lipinski definition) is 1. The van der Waals surface area contributed by atoms with Crippen LogP contribution < -0.4 is 9.62 Å². The van der Waals surface area contributed by atoms with E-state index in [4.69, 9.17) is 0 Å². The number of rotatable bonds is 4. The molecule has 1 aromatic carbocycles. The van der Waals surface area contributed by atoms with Crippen LogP contribution in [0.2, 0.25) is 0 Å². The monoisotopic (exact) mass is 308 g/mol. The number of carbonyl (C=O) groups is 1. The van der Waals surface area contributed by atoms with Crippen molar-refractivity contribution in [3.63, 3.8) is 0 Å². The Balaban J connectivity index is 1.92. The molecule has 1 saturated carbocycles. The normalized spacial score (nSPS) is 24.0. The Morgan fingerprint density at radius 2 is 2.14 bits per heavy atom. The van der Waals surface area contributed by atoms with Gasteiger partial charge in [0.25, 0.3) is 0 Å². The van der Waals surface area contributed by atoms with E-state index in [9.17, 15) is 13.2 Å². The van der Waals surface area contributed by atoms with Crippen LogP contribution in [0.5, 0.6) is 0 Å². The SMILES string of the molecule is CCNS(=O)(=O)c1ccc2c(c1)N(C(=O)[C@H]1C[C@H]1C)CC2. The minimum atomic E-state index is -3.48. The summed E-state index contributed by atoms with van der Waals surface area (Å²) in [4.78, 5) is 14.4. The fourth-order valence-corrected chi connectivity index (χ4v) is 3.96. The minimum Gasteiger partial charge on any atom is -0.312 e. The molecule has 1 fully saturated rings. The van der Waals surface area contributed by atoms with E-state index in [2.05, 4.69) is 11.6 Å². The summed E-state index contributed by atoms with van der Waals surface area (Å²) in [5, 5.41) is 0. The zero-order valence-corrected chi connectivity index (χ0v) is 13.1. The topological polar surface area (TPSA) is 66.5 Å². The summed E-state index contributed by atoms with van der Waals surface area (Å²) < 4.78 is 26.7. The standard InChI is InChI=1S/C15H20N2O3S/c1-3-16-21(19,20)12-5-4-11-6-7-17(14(11)9-12)15(18)13-8-10(13)2/h4-5,9-10,13,16H,3,6-8H2,1-2H3/t10-,13+/m1/s1. The maximum absolute atomic E-state index is 12.4. The van der Waals surface area contributed by atoms with E-state index in [1.54, 1.807) is 24.0 Å². The first-order chi connectivity index (χ1) is 9.94. The van der Waals surface area contributed by atoms with Crippen molar-refractivity contribution in [3.05, 3.63) is 23.8 Å². The van der Waals surface area contributed by atoms with Gasteiger partial charge in [0.2, 0.25) is 15.9 Å². The smallest absolute Gasteiger partial charge is 0.240 e. The number of fused-ring (bicyclic) bond motifs is 1. The molecule has 6 heteroatoms. The van der Waals surface area contributed by atoms with E-state index >= 15 is 0 Å². The highest BCUT2D eigenvalue weighted by atomic mass is 32.2. The quantitative estimate of drug-likeness (QED) is 0.917. The van der Waals surface area contributed by atoms with Crippen LogP contribution in [0.1, 0.15) is 25.8 Å². The zero-order chi connectivity index (χ0) is 15.2. The number of sulfonamides is 1. The van der Waals surface area contributed by atoms with Gasteiger partial charge in [0.15, 0.2) is 0 Å². The Morgan fingerprint density at radius 3 is 2.76 bits per heavy atom. The lowest BCUT2D eigenvalue weighted by atomic mass is 10.2. The van der Waals surface area contributed by atoms with Crippen LogP contribution in [-0.4, -0.2) is 27.4 Å². The molecule has 0 unspecified atom stereocenters. The van der Waals surface area contributed by atoms with Crippen molar-refractivity contribution in [2.24, 2.45) is 11.8 Å². The average Bonchev–Trinajstić information content (AvgIpc) is 3.01. The van der Waals surface area contributed by atoms with E-state index in [1.807, 2.05) is 6.07 Å². The molecular weight excluding hydrogens is 288 g/mol. The van der Waals surface area contributed by atoms with Crippen molar-refractivity contribution in [1.29, 1.82) is 0 Å². The first-order valence-corrected chi connectivity index (χ1v) is 8.86. The molecule has 1 aliphatic carbocycles. The highest BCUT2D eigenvalue weighted by Gasteiger charge is 2.43. The second-order valence-corrected chi connectivity index (χ2v) is 7.62. The largest absolute Gasteiger partial charge is 0.312 e. The second-order valence-electron chi connectivity index (χ2n) is 5.85. The third-order valence-corrected chi connectivity index (χ3v) is 5.83. The summed E-state index contributed by atoms with van der Waals surface area (Å²) in [7, 11) is -3.48. The lowest BCUT2D eigenvalue weighted by Crippen LogP contribution is -2.31. The van der Waals surface area contributed by atoms with Gasteiger partial charge in [-0.05, 0) is 36.5 Å². The first kappa shape index (κ1) is 14.5. The Labute approximate surface area is 125 Å². The first-order valence-electron chi connectivity index (χ1n) is 7.38. The molecule has 5 nitrogen and oxygen atoms in total. The van der Waals surface area contributed by atoms with Crippen molar-refractivity contribution in [3.8, 4) is 0 Å².